The van der Waals surface area contributed by atoms with Crippen molar-refractivity contribution in [2.24, 2.45) is 0 Å². The van der Waals surface area contributed by atoms with Gasteiger partial charge in [0.05, 0.1) is 21.2 Å². The zero-order chi connectivity index (χ0) is 20.3. The topological polar surface area (TPSA) is 57.7 Å². The number of alkyl halides is 2. The Balaban J connectivity index is 1.82. The van der Waals surface area contributed by atoms with E-state index in [-0.39, 0.29) is 11.6 Å². The van der Waals surface area contributed by atoms with Crippen LogP contribution >= 0.6 is 11.6 Å². The van der Waals surface area contributed by atoms with Crippen LogP contribution in [0.3, 0.4) is 0 Å². The van der Waals surface area contributed by atoms with Crippen molar-refractivity contribution in [1.29, 1.82) is 0 Å². The second kappa shape index (κ2) is 8.45. The van der Waals surface area contributed by atoms with Crippen molar-refractivity contribution in [1.82, 2.24) is 4.90 Å². The summed E-state index contributed by atoms with van der Waals surface area (Å²) in [6.07, 6.45) is 0.569. The number of carbonyl (C=O) groups is 1. The first-order chi connectivity index (χ1) is 13.3. The van der Waals surface area contributed by atoms with Gasteiger partial charge in [-0.3, -0.25) is 4.79 Å². The Kier molecular flexibility index (Phi) is 6.20. The van der Waals surface area contributed by atoms with Gasteiger partial charge in [0.1, 0.15) is 0 Å². The Hall–Kier alpha value is -2.19. The van der Waals surface area contributed by atoms with Crippen LogP contribution in [0.5, 0.6) is 0 Å². The summed E-state index contributed by atoms with van der Waals surface area (Å²) in [6, 6.07) is 12.5. The van der Waals surface area contributed by atoms with E-state index in [1.165, 1.54) is 18.2 Å². The van der Waals surface area contributed by atoms with Gasteiger partial charge in [-0.15, -0.1) is 0 Å². The van der Waals surface area contributed by atoms with Gasteiger partial charge in [0.2, 0.25) is 9.84 Å². The smallest absolute Gasteiger partial charge is 0.341 e. The predicted molar refractivity (Wildman–Crippen MR) is 104 cm³/mol. The Morgan fingerprint density at radius 2 is 1.64 bits per heavy atom. The molecule has 0 spiro atoms. The molecule has 0 aliphatic carbocycles. The second-order valence-corrected chi connectivity index (χ2v) is 8.68. The third-order valence-corrected chi connectivity index (χ3v) is 6.39. The predicted octanol–water partition coefficient (Wildman–Crippen LogP) is 3.69. The summed E-state index contributed by atoms with van der Waals surface area (Å²) in [5.74, 6) is -3.69. The van der Waals surface area contributed by atoms with Gasteiger partial charge in [-0.1, -0.05) is 35.9 Å². The molecule has 2 aromatic carbocycles. The number of halogens is 3. The summed E-state index contributed by atoms with van der Waals surface area (Å²) < 4.78 is 50.1. The molecule has 0 N–H and O–H groups in total. The van der Waals surface area contributed by atoms with Gasteiger partial charge >= 0.3 is 5.76 Å². The Bertz CT molecular complexity index is 969. The molecular weight excluding hydrogens is 410 g/mol. The van der Waals surface area contributed by atoms with E-state index in [0.717, 1.165) is 0 Å². The molecule has 9 heteroatoms. The van der Waals surface area contributed by atoms with E-state index in [9.17, 15) is 22.0 Å². The number of rotatable bonds is 4. The van der Waals surface area contributed by atoms with E-state index in [1.807, 2.05) is 0 Å². The zero-order valence-electron chi connectivity index (χ0n) is 14.9. The highest BCUT2D eigenvalue weighted by molar-refractivity contribution is 7.91. The van der Waals surface area contributed by atoms with E-state index < -0.39 is 20.5 Å². The number of carbonyl (C=O) groups excluding carboxylic acids is 1. The van der Waals surface area contributed by atoms with Gasteiger partial charge in [-0.2, -0.15) is 8.78 Å². The van der Waals surface area contributed by atoms with Gasteiger partial charge in [-0.25, -0.2) is 8.42 Å². The fourth-order valence-electron chi connectivity index (χ4n) is 3.22. The maximum atomic E-state index is 13.0. The first-order valence-electron chi connectivity index (χ1n) is 8.72. The summed E-state index contributed by atoms with van der Waals surface area (Å²) in [4.78, 5) is 15.7. The molecule has 1 aliphatic rings. The van der Waals surface area contributed by atoms with Crippen LogP contribution < -0.4 is 4.90 Å². The molecule has 0 saturated carbocycles. The first kappa shape index (κ1) is 20.5. The Morgan fingerprint density at radius 3 is 2.36 bits per heavy atom. The highest BCUT2D eigenvalue weighted by Crippen LogP contribution is 2.30. The number of benzene rings is 2. The van der Waals surface area contributed by atoms with E-state index in [2.05, 4.69) is 0 Å². The van der Waals surface area contributed by atoms with Crippen LogP contribution in [0.4, 0.5) is 14.5 Å². The molecule has 1 aliphatic heterocycles. The summed E-state index contributed by atoms with van der Waals surface area (Å²) in [7, 11) is -4.72. The molecule has 0 atom stereocenters. The van der Waals surface area contributed by atoms with E-state index in [0.29, 0.717) is 43.2 Å². The molecule has 1 fully saturated rings. The lowest BCUT2D eigenvalue weighted by molar-refractivity contribution is 0.0767. The van der Waals surface area contributed by atoms with E-state index in [4.69, 9.17) is 11.6 Å². The average molecular weight is 429 g/mol. The molecule has 0 aromatic heterocycles. The minimum Gasteiger partial charge on any atom is -0.369 e. The molecule has 1 saturated heterocycles. The quantitative estimate of drug-likeness (QED) is 0.745. The lowest BCUT2D eigenvalue weighted by Crippen LogP contribution is -2.35. The van der Waals surface area contributed by atoms with Crippen LogP contribution in [0.25, 0.3) is 0 Å². The summed E-state index contributed by atoms with van der Waals surface area (Å²) in [6.45, 7) is 1.56. The second-order valence-electron chi connectivity index (χ2n) is 6.39. The van der Waals surface area contributed by atoms with Crippen molar-refractivity contribution in [3.05, 3.63) is 59.1 Å². The highest BCUT2D eigenvalue weighted by atomic mass is 35.5. The van der Waals surface area contributed by atoms with Crippen molar-refractivity contribution in [2.75, 3.05) is 31.1 Å². The molecule has 3 rings (SSSR count). The zero-order valence-corrected chi connectivity index (χ0v) is 16.5. The molecule has 28 heavy (non-hydrogen) atoms. The van der Waals surface area contributed by atoms with Gasteiger partial charge in [0, 0.05) is 26.2 Å². The Morgan fingerprint density at radius 1 is 0.964 bits per heavy atom. The average Bonchev–Trinajstić information content (AvgIpc) is 2.94. The van der Waals surface area contributed by atoms with Gasteiger partial charge in [-0.05, 0) is 30.7 Å². The molecule has 1 heterocycles. The number of nitrogens with zero attached hydrogens (tertiary/aromatic N) is 2. The van der Waals surface area contributed by atoms with Gasteiger partial charge in [0.15, 0.2) is 0 Å². The first-order valence-corrected chi connectivity index (χ1v) is 10.6. The third kappa shape index (κ3) is 4.12. The van der Waals surface area contributed by atoms with Crippen molar-refractivity contribution in [3.63, 3.8) is 0 Å². The monoisotopic (exact) mass is 428 g/mol. The number of hydrogen-bond donors (Lipinski definition) is 0. The normalized spacial score (nSPS) is 15.6. The van der Waals surface area contributed by atoms with Crippen LogP contribution in [0.15, 0.2) is 53.4 Å². The highest BCUT2D eigenvalue weighted by Gasteiger charge is 2.31. The number of anilines is 1. The largest absolute Gasteiger partial charge is 0.369 e. The number of amides is 1. The van der Waals surface area contributed by atoms with E-state index >= 15 is 0 Å². The summed E-state index contributed by atoms with van der Waals surface area (Å²) >= 11 is 6.11. The van der Waals surface area contributed by atoms with Crippen molar-refractivity contribution in [3.8, 4) is 0 Å². The SMILES string of the molecule is O=C(c1ccccc1Cl)N1CCCN(c2ccccc2S(=O)(=O)C(F)F)CC1. The van der Waals surface area contributed by atoms with Gasteiger partial charge < -0.3 is 9.80 Å². The van der Waals surface area contributed by atoms with Crippen LogP contribution in [-0.4, -0.2) is 51.2 Å². The lowest BCUT2D eigenvalue weighted by Gasteiger charge is -2.25. The minimum atomic E-state index is -4.72. The Labute approximate surface area is 167 Å². The molecule has 0 bridgehead atoms. The van der Waals surface area contributed by atoms with Crippen molar-refractivity contribution >= 4 is 33.0 Å². The van der Waals surface area contributed by atoms with Gasteiger partial charge in [0.25, 0.3) is 5.91 Å². The van der Waals surface area contributed by atoms with Crippen LogP contribution in [0.2, 0.25) is 5.02 Å². The maximum absolute atomic E-state index is 13.0. The number of para-hydroxylation sites is 1. The number of hydrogen-bond acceptors (Lipinski definition) is 4. The molecular formula is C19H19ClF2N2O3S. The van der Waals surface area contributed by atoms with Crippen molar-refractivity contribution in [2.45, 2.75) is 17.1 Å². The standard InChI is InChI=1S/C19H19ClF2N2O3S/c20-15-7-2-1-6-14(15)18(25)24-11-5-10-23(12-13-24)16-8-3-4-9-17(16)28(26,27)19(21)22/h1-4,6-9,19H,5,10-13H2. The molecule has 0 radical (unpaired) electrons. The molecule has 150 valence electrons. The molecule has 5 nitrogen and oxygen atoms in total. The molecule has 2 aromatic rings. The van der Waals surface area contributed by atoms with Crippen molar-refractivity contribution < 1.29 is 22.0 Å². The summed E-state index contributed by atoms with van der Waals surface area (Å²) in [5.41, 5.74) is 0.633. The molecule has 0 unspecified atom stereocenters. The van der Waals surface area contributed by atoms with Crippen LogP contribution in [0, 0.1) is 0 Å². The maximum Gasteiger partial charge on any atom is 0.341 e. The van der Waals surface area contributed by atoms with E-state index in [1.54, 1.807) is 40.1 Å². The number of sulfone groups is 1. The summed E-state index contributed by atoms with van der Waals surface area (Å²) in [5, 5.41) is 0.363. The fourth-order valence-corrected chi connectivity index (χ4v) is 4.39. The molecule has 1 amide bonds. The van der Waals surface area contributed by atoms with Crippen LogP contribution in [-0.2, 0) is 9.84 Å². The minimum absolute atomic E-state index is 0.207. The third-order valence-electron chi connectivity index (χ3n) is 4.63. The fraction of sp³-hybridized carbons (Fsp3) is 0.316. The lowest BCUT2D eigenvalue weighted by atomic mass is 10.2. The van der Waals surface area contributed by atoms with Crippen LogP contribution in [0.1, 0.15) is 16.8 Å².